The summed E-state index contributed by atoms with van der Waals surface area (Å²) in [5.41, 5.74) is 1.95. The molecule has 1 fully saturated rings. The van der Waals surface area contributed by atoms with Crippen molar-refractivity contribution in [2.75, 3.05) is 25.0 Å². The number of nitrogens with zero attached hydrogens (tertiary/aromatic N) is 1. The Morgan fingerprint density at radius 2 is 1.95 bits per heavy atom. The maximum Gasteiger partial charge on any atom is 0.241 e. The van der Waals surface area contributed by atoms with Crippen LogP contribution in [-0.2, 0) is 4.79 Å². The number of carbonyl (C=O) groups is 1. The summed E-state index contributed by atoms with van der Waals surface area (Å²) >= 11 is 6.14. The molecule has 1 N–H and O–H groups in total. The number of hydrogen-bond acceptors (Lipinski definition) is 2. The van der Waals surface area contributed by atoms with E-state index in [1.165, 1.54) is 12.8 Å². The molecule has 1 aromatic rings. The molecule has 0 aromatic heterocycles. The average molecular weight is 281 g/mol. The molecule has 1 amide bonds. The van der Waals surface area contributed by atoms with Crippen LogP contribution in [0.5, 0.6) is 0 Å². The van der Waals surface area contributed by atoms with Gasteiger partial charge in [0.15, 0.2) is 0 Å². The summed E-state index contributed by atoms with van der Waals surface area (Å²) in [5, 5.41) is 3.80. The smallest absolute Gasteiger partial charge is 0.241 e. The summed E-state index contributed by atoms with van der Waals surface area (Å²) in [6, 6.07) is 5.82. The zero-order valence-corrected chi connectivity index (χ0v) is 12.2. The topological polar surface area (TPSA) is 32.3 Å². The van der Waals surface area contributed by atoms with E-state index in [0.29, 0.717) is 11.6 Å². The minimum absolute atomic E-state index is 0.165. The Kier molecular flexibility index (Phi) is 5.08. The summed E-state index contributed by atoms with van der Waals surface area (Å²) in [4.78, 5) is 14.1. The number of halogens is 1. The van der Waals surface area contributed by atoms with Crippen LogP contribution in [0.4, 0.5) is 5.69 Å². The van der Waals surface area contributed by atoms with E-state index >= 15 is 0 Å². The lowest BCUT2D eigenvalue weighted by molar-refractivity contribution is -0.129. The van der Waals surface area contributed by atoms with Gasteiger partial charge < -0.3 is 10.2 Å². The predicted octanol–water partition coefficient (Wildman–Crippen LogP) is 3.46. The van der Waals surface area contributed by atoms with E-state index in [4.69, 9.17) is 11.6 Å². The second-order valence-corrected chi connectivity index (χ2v) is 5.54. The maximum absolute atomic E-state index is 12.1. The number of nitrogens with one attached hydrogen (secondary N) is 1. The van der Waals surface area contributed by atoms with Gasteiger partial charge in [0, 0.05) is 13.1 Å². The Morgan fingerprint density at radius 3 is 2.58 bits per heavy atom. The molecular formula is C15H21ClN2O. The molecule has 19 heavy (non-hydrogen) atoms. The van der Waals surface area contributed by atoms with Crippen molar-refractivity contribution in [2.24, 2.45) is 0 Å². The molecule has 1 aliphatic heterocycles. The number of carbonyl (C=O) groups excluding carboxylic acids is 1. The second-order valence-electron chi connectivity index (χ2n) is 5.13. The lowest BCUT2D eigenvalue weighted by Crippen LogP contribution is -2.36. The third kappa shape index (κ3) is 4.13. The standard InChI is InChI=1S/C15H21ClN2O/c1-12-6-7-14(13(16)10-12)17-11-15(19)18-8-4-2-3-5-9-18/h6-7,10,17H,2-5,8-9,11H2,1H3. The van der Waals surface area contributed by atoms with E-state index in [9.17, 15) is 4.79 Å². The molecule has 0 spiro atoms. The molecule has 0 bridgehead atoms. The maximum atomic E-state index is 12.1. The SMILES string of the molecule is Cc1ccc(NCC(=O)N2CCCCCC2)c(Cl)c1. The van der Waals surface area contributed by atoms with Gasteiger partial charge in [-0.3, -0.25) is 4.79 Å². The number of rotatable bonds is 3. The molecule has 104 valence electrons. The first-order valence-electron chi connectivity index (χ1n) is 6.94. The average Bonchev–Trinajstić information content (AvgIpc) is 2.66. The van der Waals surface area contributed by atoms with Gasteiger partial charge >= 0.3 is 0 Å². The van der Waals surface area contributed by atoms with E-state index in [1.807, 2.05) is 30.0 Å². The van der Waals surface area contributed by atoms with Crippen molar-refractivity contribution in [2.45, 2.75) is 32.6 Å². The van der Waals surface area contributed by atoms with Gasteiger partial charge in [0.25, 0.3) is 0 Å². The van der Waals surface area contributed by atoms with Crippen molar-refractivity contribution < 1.29 is 4.79 Å². The van der Waals surface area contributed by atoms with Gasteiger partial charge in [-0.05, 0) is 37.5 Å². The highest BCUT2D eigenvalue weighted by atomic mass is 35.5. The third-order valence-corrected chi connectivity index (χ3v) is 3.83. The predicted molar refractivity (Wildman–Crippen MR) is 79.7 cm³/mol. The Labute approximate surface area is 119 Å². The van der Waals surface area contributed by atoms with Crippen LogP contribution in [-0.4, -0.2) is 30.4 Å². The lowest BCUT2D eigenvalue weighted by Gasteiger charge is -2.21. The van der Waals surface area contributed by atoms with E-state index in [2.05, 4.69) is 5.32 Å². The van der Waals surface area contributed by atoms with E-state index < -0.39 is 0 Å². The molecule has 1 heterocycles. The van der Waals surface area contributed by atoms with Gasteiger partial charge in [-0.15, -0.1) is 0 Å². The van der Waals surface area contributed by atoms with Crippen LogP contribution in [0.3, 0.4) is 0 Å². The minimum Gasteiger partial charge on any atom is -0.375 e. The molecule has 1 aromatic carbocycles. The number of benzene rings is 1. The lowest BCUT2D eigenvalue weighted by atomic mass is 10.2. The summed E-state index contributed by atoms with van der Waals surface area (Å²) in [6.07, 6.45) is 4.72. The van der Waals surface area contributed by atoms with Crippen molar-refractivity contribution in [3.8, 4) is 0 Å². The highest BCUT2D eigenvalue weighted by Gasteiger charge is 2.15. The first-order chi connectivity index (χ1) is 9.16. The minimum atomic E-state index is 0.165. The molecule has 0 atom stereocenters. The highest BCUT2D eigenvalue weighted by Crippen LogP contribution is 2.22. The fourth-order valence-electron chi connectivity index (χ4n) is 2.37. The molecule has 0 unspecified atom stereocenters. The fourth-order valence-corrected chi connectivity index (χ4v) is 2.67. The molecule has 1 aliphatic rings. The van der Waals surface area contributed by atoms with Gasteiger partial charge in [0.05, 0.1) is 17.3 Å². The van der Waals surface area contributed by atoms with Crippen LogP contribution in [0.15, 0.2) is 18.2 Å². The number of aryl methyl sites for hydroxylation is 1. The number of likely N-dealkylation sites (tertiary alicyclic amines) is 1. The monoisotopic (exact) mass is 280 g/mol. The molecule has 3 nitrogen and oxygen atoms in total. The fraction of sp³-hybridized carbons (Fsp3) is 0.533. The molecule has 4 heteroatoms. The van der Waals surface area contributed by atoms with Gasteiger partial charge in [-0.25, -0.2) is 0 Å². The molecular weight excluding hydrogens is 260 g/mol. The molecule has 2 rings (SSSR count). The second kappa shape index (κ2) is 6.80. The van der Waals surface area contributed by atoms with Crippen LogP contribution in [0, 0.1) is 6.92 Å². The highest BCUT2D eigenvalue weighted by molar-refractivity contribution is 6.33. The Balaban J connectivity index is 1.88. The third-order valence-electron chi connectivity index (χ3n) is 3.51. The normalized spacial score (nSPS) is 16.0. The van der Waals surface area contributed by atoms with Crippen molar-refractivity contribution in [1.82, 2.24) is 4.90 Å². The van der Waals surface area contributed by atoms with Crippen LogP contribution < -0.4 is 5.32 Å². The van der Waals surface area contributed by atoms with E-state index in [-0.39, 0.29) is 5.91 Å². The van der Waals surface area contributed by atoms with Crippen LogP contribution in [0.25, 0.3) is 0 Å². The molecule has 0 saturated carbocycles. The van der Waals surface area contributed by atoms with Crippen LogP contribution in [0.2, 0.25) is 5.02 Å². The quantitative estimate of drug-likeness (QED) is 0.920. The zero-order chi connectivity index (χ0) is 13.7. The van der Waals surface area contributed by atoms with Crippen molar-refractivity contribution >= 4 is 23.2 Å². The Morgan fingerprint density at radius 1 is 1.26 bits per heavy atom. The molecule has 0 radical (unpaired) electrons. The van der Waals surface area contributed by atoms with Gasteiger partial charge in [0.1, 0.15) is 0 Å². The van der Waals surface area contributed by atoms with Crippen LogP contribution >= 0.6 is 11.6 Å². The van der Waals surface area contributed by atoms with E-state index in [0.717, 1.165) is 37.2 Å². The zero-order valence-electron chi connectivity index (χ0n) is 11.4. The number of anilines is 1. The van der Waals surface area contributed by atoms with E-state index in [1.54, 1.807) is 0 Å². The summed E-state index contributed by atoms with van der Waals surface area (Å²) < 4.78 is 0. The summed E-state index contributed by atoms with van der Waals surface area (Å²) in [7, 11) is 0. The first kappa shape index (κ1) is 14.2. The number of amides is 1. The van der Waals surface area contributed by atoms with Crippen molar-refractivity contribution in [3.63, 3.8) is 0 Å². The van der Waals surface area contributed by atoms with Crippen molar-refractivity contribution in [3.05, 3.63) is 28.8 Å². The van der Waals surface area contributed by atoms with Crippen LogP contribution in [0.1, 0.15) is 31.2 Å². The Bertz CT molecular complexity index is 440. The summed E-state index contributed by atoms with van der Waals surface area (Å²) in [5.74, 6) is 0.165. The van der Waals surface area contributed by atoms with Gasteiger partial charge in [0.2, 0.25) is 5.91 Å². The van der Waals surface area contributed by atoms with Crippen molar-refractivity contribution in [1.29, 1.82) is 0 Å². The summed E-state index contributed by atoms with van der Waals surface area (Å²) in [6.45, 7) is 4.10. The molecule has 1 saturated heterocycles. The Hall–Kier alpha value is -1.22. The van der Waals surface area contributed by atoms with Gasteiger partial charge in [-0.1, -0.05) is 30.5 Å². The first-order valence-corrected chi connectivity index (χ1v) is 7.32. The largest absolute Gasteiger partial charge is 0.375 e. The van der Waals surface area contributed by atoms with Gasteiger partial charge in [-0.2, -0.15) is 0 Å². The molecule has 0 aliphatic carbocycles. The number of hydrogen-bond donors (Lipinski definition) is 1.